The van der Waals surface area contributed by atoms with Crippen molar-refractivity contribution < 1.29 is 13.6 Å². The molecule has 1 N–H and O–H groups in total. The molecule has 1 aliphatic heterocycles. The summed E-state index contributed by atoms with van der Waals surface area (Å²) in [5.74, 6) is -1.13. The van der Waals surface area contributed by atoms with Crippen molar-refractivity contribution in [3.63, 3.8) is 0 Å². The van der Waals surface area contributed by atoms with Gasteiger partial charge in [-0.05, 0) is 38.4 Å². The molecular weight excluding hydrogens is 400 g/mol. The van der Waals surface area contributed by atoms with Crippen LogP contribution in [0.4, 0.5) is 8.78 Å². The Morgan fingerprint density at radius 2 is 1.97 bits per heavy atom. The third kappa shape index (κ3) is 4.55. The predicted molar refractivity (Wildman–Crippen MR) is 115 cm³/mol. The number of hydrogen-bond donors (Lipinski definition) is 1. The molecule has 0 unspecified atom stereocenters. The Morgan fingerprint density at radius 3 is 2.65 bits per heavy atom. The molecule has 8 heteroatoms. The van der Waals surface area contributed by atoms with Crippen molar-refractivity contribution in [3.05, 3.63) is 65.0 Å². The number of likely N-dealkylation sites (N-methyl/N-ethyl adjacent to an activating group) is 1. The molecule has 1 fully saturated rings. The summed E-state index contributed by atoms with van der Waals surface area (Å²) in [5.41, 5.74) is 2.56. The number of hydrogen-bond acceptors (Lipinski definition) is 4. The quantitative estimate of drug-likeness (QED) is 0.717. The van der Waals surface area contributed by atoms with Gasteiger partial charge in [-0.1, -0.05) is 12.1 Å². The molecule has 31 heavy (non-hydrogen) atoms. The van der Waals surface area contributed by atoms with E-state index in [1.807, 2.05) is 9.58 Å². The number of halogens is 2. The number of fused-ring (bicyclic) bond motifs is 1. The SMILES string of the molecule is C=CCn1nc(C(=O)N2CCN(C)CC2)c2c1CC[C@H](NCc1c(F)cccc1F)C2. The van der Waals surface area contributed by atoms with Gasteiger partial charge in [0.05, 0.1) is 6.54 Å². The summed E-state index contributed by atoms with van der Waals surface area (Å²) in [4.78, 5) is 17.3. The number of nitrogens with zero attached hydrogens (tertiary/aromatic N) is 4. The fourth-order valence-electron chi connectivity index (χ4n) is 4.41. The number of piperazine rings is 1. The highest BCUT2D eigenvalue weighted by atomic mass is 19.1. The Balaban J connectivity index is 1.52. The van der Waals surface area contributed by atoms with Crippen molar-refractivity contribution in [2.24, 2.45) is 0 Å². The second-order valence-corrected chi connectivity index (χ2v) is 8.36. The summed E-state index contributed by atoms with van der Waals surface area (Å²) in [7, 11) is 2.05. The van der Waals surface area contributed by atoms with Gasteiger partial charge in [-0.15, -0.1) is 6.58 Å². The Bertz CT molecular complexity index is 945. The van der Waals surface area contributed by atoms with Gasteiger partial charge in [-0.25, -0.2) is 8.78 Å². The number of rotatable bonds is 6. The van der Waals surface area contributed by atoms with E-state index in [0.29, 0.717) is 31.7 Å². The van der Waals surface area contributed by atoms with E-state index in [0.717, 1.165) is 37.2 Å². The topological polar surface area (TPSA) is 53.4 Å². The van der Waals surface area contributed by atoms with Crippen LogP contribution in [0.2, 0.25) is 0 Å². The monoisotopic (exact) mass is 429 g/mol. The van der Waals surface area contributed by atoms with Crippen LogP contribution in [-0.4, -0.2) is 64.8 Å². The summed E-state index contributed by atoms with van der Waals surface area (Å²) in [6, 6.07) is 3.92. The maximum Gasteiger partial charge on any atom is 0.274 e. The molecule has 4 rings (SSSR count). The minimum absolute atomic E-state index is 0.0203. The van der Waals surface area contributed by atoms with Gasteiger partial charge in [0.2, 0.25) is 0 Å². The van der Waals surface area contributed by atoms with Gasteiger partial charge in [-0.3, -0.25) is 9.48 Å². The van der Waals surface area contributed by atoms with Crippen molar-refractivity contribution in [2.45, 2.75) is 38.4 Å². The Kier molecular flexibility index (Phi) is 6.48. The first-order valence-electron chi connectivity index (χ1n) is 10.8. The largest absolute Gasteiger partial charge is 0.335 e. The molecule has 0 radical (unpaired) electrons. The fourth-order valence-corrected chi connectivity index (χ4v) is 4.41. The smallest absolute Gasteiger partial charge is 0.274 e. The normalized spacial score (nSPS) is 19.3. The Labute approximate surface area is 181 Å². The van der Waals surface area contributed by atoms with Crippen LogP contribution in [0.25, 0.3) is 0 Å². The van der Waals surface area contributed by atoms with Gasteiger partial charge in [0.1, 0.15) is 11.6 Å². The maximum absolute atomic E-state index is 14.0. The van der Waals surface area contributed by atoms with E-state index in [2.05, 4.69) is 28.9 Å². The number of carbonyl (C=O) groups excluding carboxylic acids is 1. The van der Waals surface area contributed by atoms with Gasteiger partial charge in [0.25, 0.3) is 5.91 Å². The van der Waals surface area contributed by atoms with Crippen molar-refractivity contribution in [1.82, 2.24) is 24.9 Å². The first kappa shape index (κ1) is 21.6. The molecular formula is C23H29F2N5O. The van der Waals surface area contributed by atoms with Crippen LogP contribution >= 0.6 is 0 Å². The van der Waals surface area contributed by atoms with Crippen molar-refractivity contribution >= 4 is 5.91 Å². The van der Waals surface area contributed by atoms with Gasteiger partial charge >= 0.3 is 0 Å². The van der Waals surface area contributed by atoms with Crippen LogP contribution in [0, 0.1) is 11.6 Å². The zero-order valence-electron chi connectivity index (χ0n) is 17.9. The standard InChI is InChI=1S/C23H29F2N5O/c1-3-9-30-21-8-7-16(26-15-18-19(24)5-4-6-20(18)25)14-17(21)22(27-30)23(31)29-12-10-28(2)11-13-29/h3-6,16,26H,1,7-15H2,2H3/t16-/m0/s1. The zero-order valence-corrected chi connectivity index (χ0v) is 17.9. The molecule has 1 saturated heterocycles. The molecule has 0 saturated carbocycles. The van der Waals surface area contributed by atoms with E-state index in [9.17, 15) is 13.6 Å². The molecule has 166 valence electrons. The van der Waals surface area contributed by atoms with Crippen LogP contribution in [0.15, 0.2) is 30.9 Å². The number of carbonyl (C=O) groups is 1. The molecule has 1 aromatic heterocycles. The Morgan fingerprint density at radius 1 is 1.26 bits per heavy atom. The Hall–Kier alpha value is -2.58. The minimum atomic E-state index is -0.547. The first-order valence-corrected chi connectivity index (χ1v) is 10.8. The van der Waals surface area contributed by atoms with Crippen molar-refractivity contribution in [1.29, 1.82) is 0 Å². The van der Waals surface area contributed by atoms with Crippen LogP contribution in [0.5, 0.6) is 0 Å². The number of allylic oxidation sites excluding steroid dienone is 1. The zero-order chi connectivity index (χ0) is 22.0. The average Bonchev–Trinajstić information content (AvgIpc) is 3.11. The van der Waals surface area contributed by atoms with Crippen LogP contribution in [0.1, 0.15) is 33.7 Å². The molecule has 0 spiro atoms. The molecule has 1 atom stereocenters. The molecule has 1 aliphatic carbocycles. The lowest BCUT2D eigenvalue weighted by Crippen LogP contribution is -2.47. The number of aromatic nitrogens is 2. The van der Waals surface area contributed by atoms with E-state index in [-0.39, 0.29) is 24.1 Å². The minimum Gasteiger partial charge on any atom is -0.335 e. The van der Waals surface area contributed by atoms with E-state index in [1.165, 1.54) is 18.2 Å². The summed E-state index contributed by atoms with van der Waals surface area (Å²) in [5, 5.41) is 7.93. The molecule has 2 aromatic rings. The lowest BCUT2D eigenvalue weighted by Gasteiger charge is -2.32. The third-order valence-corrected chi connectivity index (χ3v) is 6.27. The second kappa shape index (κ2) is 9.28. The summed E-state index contributed by atoms with van der Waals surface area (Å²) < 4.78 is 29.8. The van der Waals surface area contributed by atoms with Gasteiger partial charge in [0, 0.05) is 55.6 Å². The lowest BCUT2D eigenvalue weighted by atomic mass is 9.90. The molecule has 2 aliphatic rings. The average molecular weight is 430 g/mol. The van der Waals surface area contributed by atoms with Crippen LogP contribution < -0.4 is 5.32 Å². The first-order chi connectivity index (χ1) is 15.0. The number of amides is 1. The maximum atomic E-state index is 14.0. The van der Waals surface area contributed by atoms with E-state index < -0.39 is 11.6 Å². The van der Waals surface area contributed by atoms with Crippen molar-refractivity contribution in [2.75, 3.05) is 33.2 Å². The molecule has 2 heterocycles. The van der Waals surface area contributed by atoms with Crippen molar-refractivity contribution in [3.8, 4) is 0 Å². The highest BCUT2D eigenvalue weighted by molar-refractivity contribution is 5.94. The fraction of sp³-hybridized carbons (Fsp3) is 0.478. The van der Waals surface area contributed by atoms with Gasteiger partial charge in [-0.2, -0.15) is 5.10 Å². The van der Waals surface area contributed by atoms with Crippen LogP contribution in [-0.2, 0) is 25.9 Å². The summed E-state index contributed by atoms with van der Waals surface area (Å²) in [6.07, 6.45) is 3.96. The molecule has 1 aromatic carbocycles. The highest BCUT2D eigenvalue weighted by Crippen LogP contribution is 2.27. The van der Waals surface area contributed by atoms with Crippen LogP contribution in [0.3, 0.4) is 0 Å². The number of benzene rings is 1. The summed E-state index contributed by atoms with van der Waals surface area (Å²) in [6.45, 7) is 7.54. The van der Waals surface area contributed by atoms with E-state index >= 15 is 0 Å². The lowest BCUT2D eigenvalue weighted by molar-refractivity contribution is 0.0656. The molecule has 0 bridgehead atoms. The molecule has 1 amide bonds. The van der Waals surface area contributed by atoms with Gasteiger partial charge < -0.3 is 15.1 Å². The van der Waals surface area contributed by atoms with E-state index in [4.69, 9.17) is 0 Å². The number of nitrogens with one attached hydrogen (secondary N) is 1. The second-order valence-electron chi connectivity index (χ2n) is 8.36. The molecule has 6 nitrogen and oxygen atoms in total. The third-order valence-electron chi connectivity index (χ3n) is 6.27. The van der Waals surface area contributed by atoms with Gasteiger partial charge in [0.15, 0.2) is 5.69 Å². The summed E-state index contributed by atoms with van der Waals surface area (Å²) >= 11 is 0. The highest BCUT2D eigenvalue weighted by Gasteiger charge is 2.32. The predicted octanol–water partition coefficient (Wildman–Crippen LogP) is 2.38. The van der Waals surface area contributed by atoms with E-state index in [1.54, 1.807) is 6.08 Å².